The topological polar surface area (TPSA) is 23.8 Å². The number of nitrogens with zero attached hydrogens (tertiary/aromatic N) is 1. The first-order chi connectivity index (χ1) is 5.16. The standard InChI is InChI=1S/C7H3FINS/c8-6-5(9)2-1-4(3-10)7(6)11/h1-2,11H. The Hall–Kier alpha value is -0.280. The minimum atomic E-state index is -0.423. The number of thiol groups is 1. The van der Waals surface area contributed by atoms with Crippen molar-refractivity contribution in [3.8, 4) is 6.07 Å². The van der Waals surface area contributed by atoms with E-state index in [4.69, 9.17) is 5.26 Å². The first-order valence-corrected chi connectivity index (χ1v) is 4.26. The molecule has 1 aromatic rings. The predicted molar refractivity (Wildman–Crippen MR) is 51.1 cm³/mol. The van der Waals surface area contributed by atoms with Crippen molar-refractivity contribution in [2.24, 2.45) is 0 Å². The van der Waals surface area contributed by atoms with E-state index in [1.807, 2.05) is 28.7 Å². The van der Waals surface area contributed by atoms with Crippen molar-refractivity contribution in [1.29, 1.82) is 5.26 Å². The largest absolute Gasteiger partial charge is 0.205 e. The van der Waals surface area contributed by atoms with Crippen molar-refractivity contribution in [2.45, 2.75) is 4.90 Å². The predicted octanol–water partition coefficient (Wildman–Crippen LogP) is 2.59. The summed E-state index contributed by atoms with van der Waals surface area (Å²) >= 11 is 5.71. The molecular weight excluding hydrogens is 276 g/mol. The summed E-state index contributed by atoms with van der Waals surface area (Å²) in [7, 11) is 0. The lowest BCUT2D eigenvalue weighted by Gasteiger charge is -1.98. The number of halogens is 2. The molecule has 0 fully saturated rings. The number of rotatable bonds is 0. The van der Waals surface area contributed by atoms with Gasteiger partial charge in [-0.25, -0.2) is 4.39 Å². The number of hydrogen-bond acceptors (Lipinski definition) is 2. The zero-order valence-electron chi connectivity index (χ0n) is 5.31. The van der Waals surface area contributed by atoms with Gasteiger partial charge in [0.15, 0.2) is 5.82 Å². The maximum Gasteiger partial charge on any atom is 0.151 e. The summed E-state index contributed by atoms with van der Waals surface area (Å²) in [5.41, 5.74) is 0.270. The molecule has 56 valence electrons. The van der Waals surface area contributed by atoms with Gasteiger partial charge in [0, 0.05) is 0 Å². The van der Waals surface area contributed by atoms with Crippen LogP contribution in [-0.2, 0) is 0 Å². The molecule has 0 unspecified atom stereocenters. The van der Waals surface area contributed by atoms with Gasteiger partial charge in [0.25, 0.3) is 0 Å². The summed E-state index contributed by atoms with van der Waals surface area (Å²) < 4.78 is 13.4. The minimum absolute atomic E-state index is 0.124. The molecule has 0 saturated heterocycles. The van der Waals surface area contributed by atoms with E-state index in [0.717, 1.165) is 0 Å². The average Bonchev–Trinajstić information content (AvgIpc) is 2.01. The first kappa shape index (κ1) is 8.81. The van der Waals surface area contributed by atoms with Gasteiger partial charge in [0.2, 0.25) is 0 Å². The molecule has 0 atom stereocenters. The Bertz CT molecular complexity index is 332. The summed E-state index contributed by atoms with van der Waals surface area (Å²) in [5.74, 6) is -0.423. The van der Waals surface area contributed by atoms with Gasteiger partial charge in [0.05, 0.1) is 14.0 Å². The molecule has 0 aliphatic carbocycles. The maximum absolute atomic E-state index is 12.9. The Morgan fingerprint density at radius 1 is 1.55 bits per heavy atom. The molecule has 11 heavy (non-hydrogen) atoms. The molecule has 0 saturated carbocycles. The molecule has 1 aromatic carbocycles. The molecule has 0 heterocycles. The van der Waals surface area contributed by atoms with Crippen LogP contribution in [0.2, 0.25) is 0 Å². The summed E-state index contributed by atoms with van der Waals surface area (Å²) in [6.45, 7) is 0. The second-order valence-corrected chi connectivity index (χ2v) is 3.48. The second-order valence-electron chi connectivity index (χ2n) is 1.87. The lowest BCUT2D eigenvalue weighted by Crippen LogP contribution is -1.87. The fourth-order valence-electron chi connectivity index (χ4n) is 0.630. The molecule has 0 N–H and O–H groups in total. The normalized spacial score (nSPS) is 9.27. The van der Waals surface area contributed by atoms with Crippen molar-refractivity contribution in [3.63, 3.8) is 0 Å². The van der Waals surface area contributed by atoms with E-state index in [1.165, 1.54) is 0 Å². The Kier molecular flexibility index (Phi) is 2.73. The van der Waals surface area contributed by atoms with Gasteiger partial charge in [-0.15, -0.1) is 12.6 Å². The summed E-state index contributed by atoms with van der Waals surface area (Å²) in [6, 6.07) is 4.94. The van der Waals surface area contributed by atoms with Crippen LogP contribution < -0.4 is 0 Å². The summed E-state index contributed by atoms with van der Waals surface area (Å²) in [4.78, 5) is 0.124. The van der Waals surface area contributed by atoms with Gasteiger partial charge < -0.3 is 0 Å². The number of benzene rings is 1. The van der Waals surface area contributed by atoms with Crippen molar-refractivity contribution in [2.75, 3.05) is 0 Å². The SMILES string of the molecule is N#Cc1ccc(I)c(F)c1S. The monoisotopic (exact) mass is 279 g/mol. The Balaban J connectivity index is 3.40. The van der Waals surface area contributed by atoms with Crippen LogP contribution in [0.1, 0.15) is 5.56 Å². The van der Waals surface area contributed by atoms with Crippen LogP contribution >= 0.6 is 35.2 Å². The van der Waals surface area contributed by atoms with Crippen LogP contribution in [0.4, 0.5) is 4.39 Å². The van der Waals surface area contributed by atoms with Crippen molar-refractivity contribution >= 4 is 35.2 Å². The third kappa shape index (κ3) is 1.65. The molecule has 0 bridgehead atoms. The Morgan fingerprint density at radius 2 is 2.18 bits per heavy atom. The van der Waals surface area contributed by atoms with E-state index in [-0.39, 0.29) is 10.5 Å². The first-order valence-electron chi connectivity index (χ1n) is 2.74. The maximum atomic E-state index is 12.9. The molecule has 4 heteroatoms. The molecule has 1 nitrogen and oxygen atoms in total. The minimum Gasteiger partial charge on any atom is -0.205 e. The molecular formula is C7H3FINS. The van der Waals surface area contributed by atoms with E-state index >= 15 is 0 Å². The second kappa shape index (κ2) is 3.41. The van der Waals surface area contributed by atoms with Gasteiger partial charge in [-0.05, 0) is 34.7 Å². The van der Waals surface area contributed by atoms with E-state index in [1.54, 1.807) is 12.1 Å². The van der Waals surface area contributed by atoms with Crippen molar-refractivity contribution in [1.82, 2.24) is 0 Å². The van der Waals surface area contributed by atoms with Crippen LogP contribution in [0, 0.1) is 20.7 Å². The molecule has 0 aliphatic heterocycles. The van der Waals surface area contributed by atoms with Gasteiger partial charge in [-0.3, -0.25) is 0 Å². The van der Waals surface area contributed by atoms with Crippen LogP contribution in [0.3, 0.4) is 0 Å². The molecule has 0 aromatic heterocycles. The van der Waals surface area contributed by atoms with E-state index in [0.29, 0.717) is 3.57 Å². The van der Waals surface area contributed by atoms with E-state index in [2.05, 4.69) is 12.6 Å². The molecule has 0 radical (unpaired) electrons. The number of hydrogen-bond donors (Lipinski definition) is 1. The third-order valence-electron chi connectivity index (χ3n) is 1.19. The van der Waals surface area contributed by atoms with Gasteiger partial charge in [-0.1, -0.05) is 0 Å². The van der Waals surface area contributed by atoms with Gasteiger partial charge >= 0.3 is 0 Å². The zero-order valence-corrected chi connectivity index (χ0v) is 8.36. The molecule has 0 spiro atoms. The smallest absolute Gasteiger partial charge is 0.151 e. The van der Waals surface area contributed by atoms with E-state index < -0.39 is 5.82 Å². The lowest BCUT2D eigenvalue weighted by atomic mass is 10.2. The van der Waals surface area contributed by atoms with Crippen LogP contribution in [0.5, 0.6) is 0 Å². The Morgan fingerprint density at radius 3 is 2.73 bits per heavy atom. The highest BCUT2D eigenvalue weighted by atomic mass is 127. The lowest BCUT2D eigenvalue weighted by molar-refractivity contribution is 0.594. The molecule has 1 rings (SSSR count). The fraction of sp³-hybridized carbons (Fsp3) is 0. The highest BCUT2D eigenvalue weighted by Crippen LogP contribution is 2.21. The fourth-order valence-corrected chi connectivity index (χ4v) is 1.54. The van der Waals surface area contributed by atoms with Crippen LogP contribution in [-0.4, -0.2) is 0 Å². The molecule has 0 amide bonds. The summed E-state index contributed by atoms with van der Waals surface area (Å²) in [5, 5.41) is 8.47. The third-order valence-corrected chi connectivity index (χ3v) is 2.46. The van der Waals surface area contributed by atoms with Gasteiger partial charge in [-0.2, -0.15) is 5.26 Å². The van der Waals surface area contributed by atoms with Crippen molar-refractivity contribution < 1.29 is 4.39 Å². The van der Waals surface area contributed by atoms with Gasteiger partial charge in [0.1, 0.15) is 6.07 Å². The van der Waals surface area contributed by atoms with Crippen LogP contribution in [0.15, 0.2) is 17.0 Å². The zero-order chi connectivity index (χ0) is 8.43. The highest BCUT2D eigenvalue weighted by molar-refractivity contribution is 14.1. The highest BCUT2D eigenvalue weighted by Gasteiger charge is 2.07. The average molecular weight is 279 g/mol. The Labute approximate surface area is 82.8 Å². The van der Waals surface area contributed by atoms with Crippen LogP contribution in [0.25, 0.3) is 0 Å². The van der Waals surface area contributed by atoms with E-state index in [9.17, 15) is 4.39 Å². The quantitative estimate of drug-likeness (QED) is 0.572. The summed E-state index contributed by atoms with van der Waals surface area (Å²) in [6.07, 6.45) is 0. The molecule has 0 aliphatic rings. The number of nitriles is 1. The van der Waals surface area contributed by atoms with Crippen molar-refractivity contribution in [3.05, 3.63) is 27.1 Å².